The minimum atomic E-state index is 0.0455. The third-order valence-corrected chi connectivity index (χ3v) is 6.71. The fourth-order valence-corrected chi connectivity index (χ4v) is 4.64. The van der Waals surface area contributed by atoms with Crippen molar-refractivity contribution in [1.82, 2.24) is 20.1 Å². The molecule has 1 heterocycles. The first kappa shape index (κ1) is 19.7. The van der Waals surface area contributed by atoms with Crippen LogP contribution in [0.25, 0.3) is 0 Å². The number of aromatic nitrogens is 3. The molecule has 1 N–H and O–H groups in total. The van der Waals surface area contributed by atoms with Gasteiger partial charge in [0.1, 0.15) is 5.82 Å². The summed E-state index contributed by atoms with van der Waals surface area (Å²) in [5.41, 5.74) is 2.62. The van der Waals surface area contributed by atoms with E-state index in [-0.39, 0.29) is 11.3 Å². The minimum absolute atomic E-state index is 0.0455. The van der Waals surface area contributed by atoms with Gasteiger partial charge in [0.25, 0.3) is 0 Å². The average molecular weight is 407 g/mol. The first-order valence-electron chi connectivity index (χ1n) is 10.1. The van der Waals surface area contributed by atoms with Gasteiger partial charge in [-0.15, -0.1) is 10.2 Å². The maximum atomic E-state index is 12.5. The van der Waals surface area contributed by atoms with Crippen molar-refractivity contribution in [1.29, 1.82) is 0 Å². The Morgan fingerprint density at radius 1 is 1.07 bits per heavy atom. The van der Waals surface area contributed by atoms with Crippen LogP contribution in [0.4, 0.5) is 0 Å². The zero-order valence-electron chi connectivity index (χ0n) is 16.7. The van der Waals surface area contributed by atoms with Crippen molar-refractivity contribution in [3.05, 3.63) is 77.6 Å². The number of nitrogens with zero attached hydrogens (tertiary/aromatic N) is 3. The van der Waals surface area contributed by atoms with Gasteiger partial charge in [-0.1, -0.05) is 78.8 Å². The topological polar surface area (TPSA) is 59.8 Å². The Kier molecular flexibility index (Phi) is 6.00. The van der Waals surface area contributed by atoms with Crippen LogP contribution in [0.5, 0.6) is 0 Å². The summed E-state index contributed by atoms with van der Waals surface area (Å²) in [5.74, 6) is 1.25. The summed E-state index contributed by atoms with van der Waals surface area (Å²) >= 11 is 1.44. The fourth-order valence-electron chi connectivity index (χ4n) is 3.83. The molecule has 1 aliphatic carbocycles. The molecule has 150 valence electrons. The Labute approximate surface area is 175 Å². The Morgan fingerprint density at radius 2 is 1.76 bits per heavy atom. The van der Waals surface area contributed by atoms with Gasteiger partial charge < -0.3 is 9.88 Å². The number of carbonyl (C=O) groups is 1. The number of benzene rings is 2. The second kappa shape index (κ2) is 8.82. The summed E-state index contributed by atoms with van der Waals surface area (Å²) in [5, 5.41) is 12.4. The van der Waals surface area contributed by atoms with Crippen LogP contribution in [-0.2, 0) is 16.8 Å². The second-order valence-electron chi connectivity index (χ2n) is 7.67. The molecule has 29 heavy (non-hydrogen) atoms. The molecule has 0 spiro atoms. The number of hydrogen-bond acceptors (Lipinski definition) is 4. The normalized spacial score (nSPS) is 14.9. The zero-order valence-corrected chi connectivity index (χ0v) is 17.5. The molecule has 0 saturated heterocycles. The van der Waals surface area contributed by atoms with Crippen molar-refractivity contribution in [3.8, 4) is 0 Å². The molecule has 3 aromatic rings. The highest BCUT2D eigenvalue weighted by Crippen LogP contribution is 2.43. The van der Waals surface area contributed by atoms with Gasteiger partial charge in [0.2, 0.25) is 5.91 Å². The molecule has 0 bridgehead atoms. The number of thioether (sulfide) groups is 1. The van der Waals surface area contributed by atoms with Crippen LogP contribution in [0.15, 0.2) is 65.8 Å². The predicted octanol–water partition coefficient (Wildman–Crippen LogP) is 3.97. The Hall–Kier alpha value is -2.60. The van der Waals surface area contributed by atoms with Crippen LogP contribution in [0.1, 0.15) is 36.2 Å². The number of carbonyl (C=O) groups excluding carboxylic acids is 1. The number of amides is 1. The van der Waals surface area contributed by atoms with Gasteiger partial charge in [-0.25, -0.2) is 0 Å². The van der Waals surface area contributed by atoms with E-state index in [2.05, 4.69) is 56.5 Å². The summed E-state index contributed by atoms with van der Waals surface area (Å²) in [6.07, 6.45) is 3.49. The highest BCUT2D eigenvalue weighted by Gasteiger charge is 2.38. The van der Waals surface area contributed by atoms with E-state index in [1.807, 2.05) is 31.2 Å². The van der Waals surface area contributed by atoms with Crippen LogP contribution in [-0.4, -0.2) is 33.0 Å². The van der Waals surface area contributed by atoms with Gasteiger partial charge in [0, 0.05) is 12.0 Å². The van der Waals surface area contributed by atoms with Crippen molar-refractivity contribution in [2.75, 3.05) is 12.3 Å². The van der Waals surface area contributed by atoms with Gasteiger partial charge >= 0.3 is 0 Å². The number of hydrogen-bond donors (Lipinski definition) is 1. The van der Waals surface area contributed by atoms with E-state index in [1.54, 1.807) is 0 Å². The van der Waals surface area contributed by atoms with E-state index >= 15 is 0 Å². The van der Waals surface area contributed by atoms with Crippen LogP contribution >= 0.6 is 11.8 Å². The smallest absolute Gasteiger partial charge is 0.230 e. The molecule has 1 aromatic heterocycles. The molecular formula is C23H26N4OS. The van der Waals surface area contributed by atoms with Crippen molar-refractivity contribution in [2.24, 2.45) is 0 Å². The third-order valence-electron chi connectivity index (χ3n) is 5.74. The Bertz CT molecular complexity index is 952. The van der Waals surface area contributed by atoms with Crippen molar-refractivity contribution in [2.45, 2.75) is 43.3 Å². The monoisotopic (exact) mass is 406 g/mol. The molecule has 0 radical (unpaired) electrons. The summed E-state index contributed by atoms with van der Waals surface area (Å²) in [7, 11) is 0. The minimum Gasteiger partial charge on any atom is -0.354 e. The zero-order chi connectivity index (χ0) is 20.1. The summed E-state index contributed by atoms with van der Waals surface area (Å²) in [6, 6.07) is 20.8. The molecule has 0 unspecified atom stereocenters. The van der Waals surface area contributed by atoms with E-state index in [4.69, 9.17) is 0 Å². The molecule has 1 saturated carbocycles. The van der Waals surface area contributed by atoms with E-state index in [0.29, 0.717) is 18.8 Å². The summed E-state index contributed by atoms with van der Waals surface area (Å²) in [6.45, 7) is 3.35. The molecule has 2 aromatic carbocycles. The van der Waals surface area contributed by atoms with Crippen molar-refractivity contribution < 1.29 is 4.79 Å². The average Bonchev–Trinajstić information content (AvgIpc) is 3.07. The molecule has 0 aliphatic heterocycles. The van der Waals surface area contributed by atoms with Gasteiger partial charge in [-0.3, -0.25) is 4.79 Å². The van der Waals surface area contributed by atoms with Crippen molar-refractivity contribution >= 4 is 17.7 Å². The lowest BCUT2D eigenvalue weighted by Gasteiger charge is -2.42. The molecule has 1 fully saturated rings. The highest BCUT2D eigenvalue weighted by molar-refractivity contribution is 7.99. The summed E-state index contributed by atoms with van der Waals surface area (Å²) in [4.78, 5) is 12.5. The SMILES string of the molecule is Cc1nnc(SCC(=O)NCC2(c3ccccc3)CCC2)n1Cc1ccccc1. The predicted molar refractivity (Wildman–Crippen MR) is 116 cm³/mol. The van der Waals surface area contributed by atoms with Gasteiger partial charge in [0.05, 0.1) is 12.3 Å². The Morgan fingerprint density at radius 3 is 2.41 bits per heavy atom. The van der Waals surface area contributed by atoms with Crippen LogP contribution in [0, 0.1) is 6.92 Å². The molecule has 0 atom stereocenters. The van der Waals surface area contributed by atoms with Gasteiger partial charge in [-0.05, 0) is 30.9 Å². The lowest BCUT2D eigenvalue weighted by molar-refractivity contribution is -0.119. The van der Waals surface area contributed by atoms with E-state index in [9.17, 15) is 4.79 Å². The molecule has 4 rings (SSSR count). The Balaban J connectivity index is 1.33. The molecule has 1 amide bonds. The van der Waals surface area contributed by atoms with E-state index in [1.165, 1.54) is 29.3 Å². The number of aryl methyl sites for hydroxylation is 1. The maximum absolute atomic E-state index is 12.5. The largest absolute Gasteiger partial charge is 0.354 e. The van der Waals surface area contributed by atoms with Gasteiger partial charge in [-0.2, -0.15) is 0 Å². The lowest BCUT2D eigenvalue weighted by Crippen LogP contribution is -2.46. The third kappa shape index (κ3) is 4.53. The fraction of sp³-hybridized carbons (Fsp3) is 0.348. The number of nitrogens with one attached hydrogen (secondary N) is 1. The highest BCUT2D eigenvalue weighted by atomic mass is 32.2. The van der Waals surface area contributed by atoms with Crippen molar-refractivity contribution in [3.63, 3.8) is 0 Å². The van der Waals surface area contributed by atoms with Crippen LogP contribution in [0.2, 0.25) is 0 Å². The quantitative estimate of drug-likeness (QED) is 0.575. The van der Waals surface area contributed by atoms with Crippen LogP contribution in [0.3, 0.4) is 0 Å². The molecule has 1 aliphatic rings. The first-order chi connectivity index (χ1) is 14.2. The lowest BCUT2D eigenvalue weighted by atomic mass is 9.64. The molecule has 6 heteroatoms. The van der Waals surface area contributed by atoms with Gasteiger partial charge in [0.15, 0.2) is 5.16 Å². The standard InChI is InChI=1S/C23H26N4OS/c1-18-25-26-22(27(18)15-19-9-4-2-5-10-19)29-16-21(28)24-17-23(13-8-14-23)20-11-6-3-7-12-20/h2-7,9-12H,8,13-17H2,1H3,(H,24,28). The van der Waals surface area contributed by atoms with Crippen LogP contribution < -0.4 is 5.32 Å². The summed E-state index contributed by atoms with van der Waals surface area (Å²) < 4.78 is 2.06. The molecule has 5 nitrogen and oxygen atoms in total. The molecular weight excluding hydrogens is 380 g/mol. The van der Waals surface area contributed by atoms with E-state index < -0.39 is 0 Å². The van der Waals surface area contributed by atoms with E-state index in [0.717, 1.165) is 23.8 Å². The number of rotatable bonds is 8. The first-order valence-corrected chi connectivity index (χ1v) is 11.0. The second-order valence-corrected chi connectivity index (χ2v) is 8.61. The maximum Gasteiger partial charge on any atom is 0.230 e.